The number of nitrogens with one attached hydrogen (secondary N) is 1. The number of sulfonamides is 1. The fourth-order valence-electron chi connectivity index (χ4n) is 2.98. The first-order chi connectivity index (χ1) is 13.8. The third-order valence-electron chi connectivity index (χ3n) is 4.42. The summed E-state index contributed by atoms with van der Waals surface area (Å²) in [6.45, 7) is 0.393. The van der Waals surface area contributed by atoms with E-state index in [1.807, 2.05) is 18.2 Å². The van der Waals surface area contributed by atoms with E-state index in [1.165, 1.54) is 18.2 Å². The van der Waals surface area contributed by atoms with Gasteiger partial charge in [0.25, 0.3) is 10.0 Å². The number of anilines is 1. The first-order valence-electron chi connectivity index (χ1n) is 8.52. The van der Waals surface area contributed by atoms with Gasteiger partial charge in [-0.25, -0.2) is 13.2 Å². The van der Waals surface area contributed by atoms with Crippen molar-refractivity contribution < 1.29 is 23.4 Å². The lowest BCUT2D eigenvalue weighted by atomic mass is 10.1. The van der Waals surface area contributed by atoms with E-state index in [0.717, 1.165) is 28.4 Å². The highest BCUT2D eigenvalue weighted by atomic mass is 32.2. The molecule has 3 N–H and O–H groups in total. The van der Waals surface area contributed by atoms with Crippen molar-refractivity contribution in [3.8, 4) is 16.9 Å². The first kappa shape index (κ1) is 18.6. The third-order valence-corrected chi connectivity index (χ3v) is 5.79. The van der Waals surface area contributed by atoms with E-state index < -0.39 is 21.7 Å². The SMILES string of the molecule is O=C(O)c1ccc(NS(=O)(=O)c2cccc(-c3ccc4c(c3)=NCN=4)c2)cc1O. The first-order valence-corrected chi connectivity index (χ1v) is 10.0. The minimum atomic E-state index is -3.96. The van der Waals surface area contributed by atoms with E-state index in [4.69, 9.17) is 5.11 Å². The second-order valence-electron chi connectivity index (χ2n) is 6.33. The number of carbonyl (C=O) groups is 1. The minimum absolute atomic E-state index is 0.0268. The number of fused-ring (bicyclic) bond motifs is 1. The molecule has 3 aromatic rings. The maximum Gasteiger partial charge on any atom is 0.339 e. The van der Waals surface area contributed by atoms with Crippen LogP contribution in [0.5, 0.6) is 5.75 Å². The molecular weight excluding hydrogens is 394 g/mol. The molecule has 8 nitrogen and oxygen atoms in total. The summed E-state index contributed by atoms with van der Waals surface area (Å²) in [4.78, 5) is 19.5. The number of benzene rings is 3. The van der Waals surface area contributed by atoms with Gasteiger partial charge in [-0.1, -0.05) is 18.2 Å². The smallest absolute Gasteiger partial charge is 0.339 e. The van der Waals surface area contributed by atoms with Crippen LogP contribution in [-0.2, 0) is 10.0 Å². The molecule has 0 radical (unpaired) electrons. The number of hydrogen-bond donors (Lipinski definition) is 3. The molecule has 0 atom stereocenters. The summed E-state index contributed by atoms with van der Waals surface area (Å²) in [6.07, 6.45) is 0. The van der Waals surface area contributed by atoms with Gasteiger partial charge in [-0.2, -0.15) is 0 Å². The fourth-order valence-corrected chi connectivity index (χ4v) is 4.08. The lowest BCUT2D eigenvalue weighted by Gasteiger charge is -2.10. The standard InChI is InChI=1S/C20H15N3O5S/c24-19-10-14(5-6-16(19)20(25)26)23-29(27,28)15-3-1-2-12(8-15)13-4-7-17-18(9-13)22-11-21-17/h1-10,23-24H,11H2,(H,25,26). The molecule has 0 unspecified atom stereocenters. The third kappa shape index (κ3) is 3.67. The lowest BCUT2D eigenvalue weighted by molar-refractivity contribution is 0.0694. The fraction of sp³-hybridized carbons (Fsp3) is 0.0500. The molecule has 0 aliphatic carbocycles. The number of rotatable bonds is 5. The topological polar surface area (TPSA) is 128 Å². The van der Waals surface area contributed by atoms with E-state index >= 15 is 0 Å². The molecule has 0 amide bonds. The maximum absolute atomic E-state index is 12.8. The van der Waals surface area contributed by atoms with Crippen LogP contribution in [0.3, 0.4) is 0 Å². The zero-order valence-electron chi connectivity index (χ0n) is 14.9. The molecule has 1 heterocycles. The molecule has 9 heteroatoms. The van der Waals surface area contributed by atoms with Crippen molar-refractivity contribution >= 4 is 21.7 Å². The quantitative estimate of drug-likeness (QED) is 0.592. The van der Waals surface area contributed by atoms with Gasteiger partial charge in [-0.15, -0.1) is 0 Å². The molecule has 1 aliphatic rings. The van der Waals surface area contributed by atoms with Crippen molar-refractivity contribution in [2.75, 3.05) is 11.4 Å². The summed E-state index contributed by atoms with van der Waals surface area (Å²) < 4.78 is 27.9. The summed E-state index contributed by atoms with van der Waals surface area (Å²) in [7, 11) is -3.96. The maximum atomic E-state index is 12.8. The largest absolute Gasteiger partial charge is 0.507 e. The van der Waals surface area contributed by atoms with E-state index in [9.17, 15) is 18.3 Å². The second kappa shape index (κ2) is 7.02. The normalized spacial score (nSPS) is 12.6. The molecule has 1 aliphatic heterocycles. The summed E-state index contributed by atoms with van der Waals surface area (Å²) >= 11 is 0. The van der Waals surface area contributed by atoms with Crippen LogP contribution in [0, 0.1) is 0 Å². The Labute approximate surface area is 165 Å². The van der Waals surface area contributed by atoms with Crippen molar-refractivity contribution in [1.29, 1.82) is 0 Å². The van der Waals surface area contributed by atoms with Crippen LogP contribution >= 0.6 is 0 Å². The van der Waals surface area contributed by atoms with Gasteiger partial charge in [0.15, 0.2) is 0 Å². The van der Waals surface area contributed by atoms with Crippen LogP contribution < -0.4 is 15.4 Å². The van der Waals surface area contributed by atoms with Gasteiger partial charge >= 0.3 is 5.97 Å². The van der Waals surface area contributed by atoms with E-state index in [0.29, 0.717) is 12.2 Å². The van der Waals surface area contributed by atoms with Crippen molar-refractivity contribution in [3.05, 3.63) is 76.9 Å². The van der Waals surface area contributed by atoms with Gasteiger partial charge < -0.3 is 10.2 Å². The number of phenols is 1. The Kier molecular flexibility index (Phi) is 4.51. The van der Waals surface area contributed by atoms with Gasteiger partial charge in [0.05, 0.1) is 21.3 Å². The Balaban J connectivity index is 1.66. The molecule has 146 valence electrons. The van der Waals surface area contributed by atoms with Crippen LogP contribution in [0.15, 0.2) is 75.5 Å². The van der Waals surface area contributed by atoms with Gasteiger partial charge in [-0.05, 0) is 47.5 Å². The zero-order chi connectivity index (χ0) is 20.6. The van der Waals surface area contributed by atoms with Crippen LogP contribution in [0.4, 0.5) is 5.69 Å². The molecule has 0 bridgehead atoms. The zero-order valence-corrected chi connectivity index (χ0v) is 15.7. The van der Waals surface area contributed by atoms with E-state index in [2.05, 4.69) is 14.7 Å². The van der Waals surface area contributed by atoms with Crippen molar-refractivity contribution in [3.63, 3.8) is 0 Å². The van der Waals surface area contributed by atoms with Gasteiger partial charge in [0.2, 0.25) is 0 Å². The molecule has 0 fully saturated rings. The summed E-state index contributed by atoms with van der Waals surface area (Å²) in [5.41, 5.74) is 1.24. The van der Waals surface area contributed by atoms with E-state index in [1.54, 1.807) is 12.1 Å². The predicted molar refractivity (Wildman–Crippen MR) is 105 cm³/mol. The number of aromatic carboxylic acids is 1. The molecule has 0 saturated heterocycles. The number of hydrogen-bond acceptors (Lipinski definition) is 6. The molecule has 29 heavy (non-hydrogen) atoms. The van der Waals surface area contributed by atoms with Gasteiger partial charge in [0.1, 0.15) is 18.0 Å². The Morgan fingerprint density at radius 3 is 2.45 bits per heavy atom. The average Bonchev–Trinajstić information content (AvgIpc) is 3.15. The molecular formula is C20H15N3O5S. The Bertz CT molecular complexity index is 1370. The minimum Gasteiger partial charge on any atom is -0.507 e. The highest BCUT2D eigenvalue weighted by molar-refractivity contribution is 7.92. The Hall–Kier alpha value is -3.72. The van der Waals surface area contributed by atoms with Crippen LogP contribution in [-0.4, -0.2) is 31.3 Å². The Morgan fingerprint density at radius 1 is 0.931 bits per heavy atom. The summed E-state index contributed by atoms with van der Waals surface area (Å²) in [5, 5.41) is 20.3. The predicted octanol–water partition coefficient (Wildman–Crippen LogP) is 1.77. The molecule has 0 saturated carbocycles. The van der Waals surface area contributed by atoms with Crippen LogP contribution in [0.2, 0.25) is 0 Å². The molecule has 3 aromatic carbocycles. The highest BCUT2D eigenvalue weighted by Crippen LogP contribution is 2.26. The van der Waals surface area contributed by atoms with Crippen molar-refractivity contribution in [2.24, 2.45) is 9.98 Å². The summed E-state index contributed by atoms with van der Waals surface area (Å²) in [6, 6.07) is 15.4. The van der Waals surface area contributed by atoms with Gasteiger partial charge in [-0.3, -0.25) is 14.7 Å². The number of carboxylic acids is 1. The Morgan fingerprint density at radius 2 is 1.69 bits per heavy atom. The molecule has 4 rings (SSSR count). The number of carboxylic acid groups (broad SMARTS) is 1. The summed E-state index contributed by atoms with van der Waals surface area (Å²) in [5.74, 6) is -1.84. The second-order valence-corrected chi connectivity index (χ2v) is 8.01. The number of aromatic hydroxyl groups is 1. The van der Waals surface area contributed by atoms with Crippen molar-refractivity contribution in [1.82, 2.24) is 0 Å². The average molecular weight is 409 g/mol. The molecule has 0 spiro atoms. The van der Waals surface area contributed by atoms with Crippen molar-refractivity contribution in [2.45, 2.75) is 4.90 Å². The van der Waals surface area contributed by atoms with E-state index in [-0.39, 0.29) is 16.1 Å². The molecule has 0 aromatic heterocycles. The van der Waals surface area contributed by atoms with Crippen LogP contribution in [0.25, 0.3) is 11.1 Å². The van der Waals surface area contributed by atoms with Gasteiger partial charge in [0, 0.05) is 6.07 Å². The monoisotopic (exact) mass is 409 g/mol. The van der Waals surface area contributed by atoms with Crippen LogP contribution in [0.1, 0.15) is 10.4 Å². The highest BCUT2D eigenvalue weighted by Gasteiger charge is 2.17. The lowest BCUT2D eigenvalue weighted by Crippen LogP contribution is -2.20. The number of nitrogens with zero attached hydrogens (tertiary/aromatic N) is 2.